The van der Waals surface area contributed by atoms with Crippen LogP contribution in [0.1, 0.15) is 19.6 Å². The zero-order valence-corrected chi connectivity index (χ0v) is 18.3. The Bertz CT molecular complexity index is 978. The lowest BCUT2D eigenvalue weighted by Gasteiger charge is -2.18. The molecule has 1 aromatic carbocycles. The fourth-order valence-electron chi connectivity index (χ4n) is 2.37. The number of nitrogens with one attached hydrogen (secondary N) is 1. The molecule has 0 fully saturated rings. The number of ether oxygens (including phenoxy) is 1. The molecular formula is C19H21BrN2O6S. The second kappa shape index (κ2) is 10.4. The molecule has 8 nitrogen and oxygen atoms in total. The van der Waals surface area contributed by atoms with Crippen LogP contribution in [-0.4, -0.2) is 44.3 Å². The Morgan fingerprint density at radius 1 is 1.14 bits per heavy atom. The van der Waals surface area contributed by atoms with Crippen molar-refractivity contribution in [1.82, 2.24) is 4.31 Å². The summed E-state index contributed by atoms with van der Waals surface area (Å²) in [5, 5.41) is 2.54. The topological polar surface area (TPSA) is 106 Å². The van der Waals surface area contributed by atoms with Crippen LogP contribution in [0.25, 0.3) is 6.08 Å². The van der Waals surface area contributed by atoms with E-state index in [1.54, 1.807) is 26.0 Å². The number of nitrogens with zero attached hydrogens (tertiary/aromatic N) is 1. The van der Waals surface area contributed by atoms with Crippen LogP contribution in [0.15, 0.2) is 56.5 Å². The summed E-state index contributed by atoms with van der Waals surface area (Å²) in [7, 11) is -3.56. The smallest absolute Gasteiger partial charge is 0.331 e. The fourth-order valence-corrected chi connectivity index (χ4v) is 4.15. The lowest BCUT2D eigenvalue weighted by atomic mass is 10.3. The first kappa shape index (κ1) is 22.9. The average molecular weight is 485 g/mol. The van der Waals surface area contributed by atoms with E-state index in [0.29, 0.717) is 29.2 Å². The molecule has 0 aliphatic rings. The number of amides is 1. The molecule has 1 aromatic heterocycles. The fraction of sp³-hybridized carbons (Fsp3) is 0.263. The van der Waals surface area contributed by atoms with E-state index >= 15 is 0 Å². The summed E-state index contributed by atoms with van der Waals surface area (Å²) in [5.41, 5.74) is 0.389. The van der Waals surface area contributed by atoms with Crippen LogP contribution in [0, 0.1) is 0 Å². The number of carbonyl (C=O) groups is 2. The summed E-state index contributed by atoms with van der Waals surface area (Å²) in [6.07, 6.45) is 2.56. The molecule has 1 heterocycles. The standard InChI is InChI=1S/C19H21BrN2O6S/c1-3-22(4-2)29(25,26)16-9-5-14(6-10-16)21-18(23)13-27-19(24)12-8-15-7-11-17(20)28-15/h5-12H,3-4,13H2,1-2H3,(H,21,23). The Labute approximate surface area is 177 Å². The van der Waals surface area contributed by atoms with E-state index in [1.807, 2.05) is 0 Å². The molecule has 1 amide bonds. The highest BCUT2D eigenvalue weighted by molar-refractivity contribution is 9.10. The van der Waals surface area contributed by atoms with Gasteiger partial charge in [0.1, 0.15) is 5.76 Å². The molecule has 0 saturated heterocycles. The highest BCUT2D eigenvalue weighted by atomic mass is 79.9. The van der Waals surface area contributed by atoms with Crippen molar-refractivity contribution in [3.05, 3.63) is 52.9 Å². The average Bonchev–Trinajstić information content (AvgIpc) is 3.11. The van der Waals surface area contributed by atoms with Gasteiger partial charge in [-0.25, -0.2) is 13.2 Å². The summed E-state index contributed by atoms with van der Waals surface area (Å²) in [4.78, 5) is 23.7. The third-order valence-electron chi connectivity index (χ3n) is 3.80. The molecule has 0 aliphatic carbocycles. The second-order valence-corrected chi connectivity index (χ2v) is 8.46. The van der Waals surface area contributed by atoms with Gasteiger partial charge in [0.15, 0.2) is 11.3 Å². The number of hydrogen-bond acceptors (Lipinski definition) is 6. The summed E-state index contributed by atoms with van der Waals surface area (Å²) in [6, 6.07) is 9.12. The highest BCUT2D eigenvalue weighted by Gasteiger charge is 2.21. The highest BCUT2D eigenvalue weighted by Crippen LogP contribution is 2.18. The number of anilines is 1. The summed E-state index contributed by atoms with van der Waals surface area (Å²) in [5.74, 6) is -0.793. The van der Waals surface area contributed by atoms with Gasteiger partial charge in [-0.05, 0) is 58.4 Å². The zero-order chi connectivity index (χ0) is 21.4. The Kier molecular flexibility index (Phi) is 8.18. The molecule has 10 heteroatoms. The van der Waals surface area contributed by atoms with E-state index in [2.05, 4.69) is 21.2 Å². The van der Waals surface area contributed by atoms with Gasteiger partial charge in [-0.1, -0.05) is 13.8 Å². The second-order valence-electron chi connectivity index (χ2n) is 5.74. The van der Waals surface area contributed by atoms with Crippen molar-refractivity contribution in [1.29, 1.82) is 0 Å². The van der Waals surface area contributed by atoms with Gasteiger partial charge in [-0.2, -0.15) is 4.31 Å². The van der Waals surface area contributed by atoms with E-state index < -0.39 is 28.5 Å². The van der Waals surface area contributed by atoms with Crippen LogP contribution in [0.2, 0.25) is 0 Å². The minimum atomic E-state index is -3.56. The molecule has 1 N–H and O–H groups in total. The Balaban J connectivity index is 1.87. The van der Waals surface area contributed by atoms with Crippen molar-refractivity contribution in [3.63, 3.8) is 0 Å². The van der Waals surface area contributed by atoms with Crippen molar-refractivity contribution < 1.29 is 27.2 Å². The SMILES string of the molecule is CCN(CC)S(=O)(=O)c1ccc(NC(=O)COC(=O)C=Cc2ccc(Br)o2)cc1. The van der Waals surface area contributed by atoms with Crippen molar-refractivity contribution >= 4 is 49.6 Å². The largest absolute Gasteiger partial charge is 0.452 e. The number of benzene rings is 1. The lowest BCUT2D eigenvalue weighted by Crippen LogP contribution is -2.30. The Morgan fingerprint density at radius 3 is 2.34 bits per heavy atom. The maximum Gasteiger partial charge on any atom is 0.331 e. The molecule has 0 atom stereocenters. The van der Waals surface area contributed by atoms with Gasteiger partial charge in [0.25, 0.3) is 5.91 Å². The molecule has 0 saturated carbocycles. The third kappa shape index (κ3) is 6.55. The predicted octanol–water partition coefficient (Wildman–Crippen LogP) is 3.27. The van der Waals surface area contributed by atoms with Crippen LogP contribution < -0.4 is 5.32 Å². The van der Waals surface area contributed by atoms with Crippen molar-refractivity contribution in [2.24, 2.45) is 0 Å². The molecule has 0 spiro atoms. The normalized spacial score (nSPS) is 11.7. The molecule has 0 unspecified atom stereocenters. The van der Waals surface area contributed by atoms with Crippen LogP contribution in [0.3, 0.4) is 0 Å². The van der Waals surface area contributed by atoms with Gasteiger partial charge < -0.3 is 14.5 Å². The molecule has 0 aliphatic heterocycles. The number of sulfonamides is 1. The lowest BCUT2D eigenvalue weighted by molar-refractivity contribution is -0.142. The van der Waals surface area contributed by atoms with Gasteiger partial charge >= 0.3 is 5.97 Å². The van der Waals surface area contributed by atoms with E-state index in [4.69, 9.17) is 9.15 Å². The minimum absolute atomic E-state index is 0.139. The first-order valence-electron chi connectivity index (χ1n) is 8.76. The van der Waals surface area contributed by atoms with Crippen molar-refractivity contribution in [2.45, 2.75) is 18.7 Å². The number of hydrogen-bond donors (Lipinski definition) is 1. The van der Waals surface area contributed by atoms with Crippen LogP contribution in [0.5, 0.6) is 0 Å². The Morgan fingerprint density at radius 2 is 1.79 bits per heavy atom. The molecule has 2 aromatic rings. The Hall–Kier alpha value is -2.43. The van der Waals surface area contributed by atoms with Gasteiger partial charge in [-0.3, -0.25) is 4.79 Å². The van der Waals surface area contributed by atoms with Gasteiger partial charge in [-0.15, -0.1) is 0 Å². The van der Waals surface area contributed by atoms with Gasteiger partial charge in [0.2, 0.25) is 10.0 Å². The van der Waals surface area contributed by atoms with E-state index in [-0.39, 0.29) is 4.90 Å². The number of halogens is 1. The van der Waals surface area contributed by atoms with Crippen molar-refractivity contribution in [3.8, 4) is 0 Å². The molecule has 29 heavy (non-hydrogen) atoms. The number of rotatable bonds is 9. The molecule has 0 radical (unpaired) electrons. The number of esters is 1. The maximum atomic E-state index is 12.4. The van der Waals surface area contributed by atoms with Crippen LogP contribution in [-0.2, 0) is 24.3 Å². The van der Waals surface area contributed by atoms with E-state index in [0.717, 1.165) is 6.08 Å². The summed E-state index contributed by atoms with van der Waals surface area (Å²) in [6.45, 7) is 3.78. The first-order valence-corrected chi connectivity index (χ1v) is 11.0. The molecule has 0 bridgehead atoms. The molecular weight excluding hydrogens is 464 g/mol. The zero-order valence-electron chi connectivity index (χ0n) is 15.9. The van der Waals surface area contributed by atoms with Gasteiger partial charge in [0.05, 0.1) is 4.90 Å². The van der Waals surface area contributed by atoms with E-state index in [1.165, 1.54) is 34.6 Å². The maximum absolute atomic E-state index is 12.4. The van der Waals surface area contributed by atoms with Crippen LogP contribution in [0.4, 0.5) is 5.69 Å². The monoisotopic (exact) mass is 484 g/mol. The van der Waals surface area contributed by atoms with Gasteiger partial charge in [0, 0.05) is 24.9 Å². The minimum Gasteiger partial charge on any atom is -0.452 e. The summed E-state index contributed by atoms with van der Waals surface area (Å²) < 4.78 is 36.8. The predicted molar refractivity (Wildman–Crippen MR) is 112 cm³/mol. The third-order valence-corrected chi connectivity index (χ3v) is 6.29. The number of furan rings is 1. The summed E-state index contributed by atoms with van der Waals surface area (Å²) >= 11 is 3.14. The first-order chi connectivity index (χ1) is 13.8. The molecule has 2 rings (SSSR count). The van der Waals surface area contributed by atoms with E-state index in [9.17, 15) is 18.0 Å². The number of carbonyl (C=O) groups excluding carboxylic acids is 2. The van der Waals surface area contributed by atoms with Crippen LogP contribution >= 0.6 is 15.9 Å². The quantitative estimate of drug-likeness (QED) is 0.432. The molecule has 156 valence electrons. The van der Waals surface area contributed by atoms with Crippen molar-refractivity contribution in [2.75, 3.05) is 25.0 Å².